The number of aryl methyl sites for hydroxylation is 1. The Balaban J connectivity index is 1.62. The van der Waals surface area contributed by atoms with Crippen molar-refractivity contribution in [3.8, 4) is 16.9 Å². The van der Waals surface area contributed by atoms with E-state index in [-0.39, 0.29) is 48.1 Å². The van der Waals surface area contributed by atoms with Gasteiger partial charge in [-0.25, -0.2) is 4.39 Å². The van der Waals surface area contributed by atoms with Gasteiger partial charge in [0.2, 0.25) is 0 Å². The second-order valence-corrected chi connectivity index (χ2v) is 11.5. The quantitative estimate of drug-likeness (QED) is 0.214. The van der Waals surface area contributed by atoms with Crippen molar-refractivity contribution >= 4 is 26.9 Å². The van der Waals surface area contributed by atoms with Crippen LogP contribution < -0.4 is 10.5 Å². The summed E-state index contributed by atoms with van der Waals surface area (Å²) in [5.41, 5.74) is 9.21. The van der Waals surface area contributed by atoms with Crippen molar-refractivity contribution in [1.82, 2.24) is 9.19 Å². The van der Waals surface area contributed by atoms with E-state index in [4.69, 9.17) is 15.2 Å². The van der Waals surface area contributed by atoms with E-state index in [0.29, 0.717) is 33.4 Å². The van der Waals surface area contributed by atoms with Crippen LogP contribution in [0, 0.1) is 12.7 Å². The third-order valence-electron chi connectivity index (χ3n) is 6.86. The Kier molecular flexibility index (Phi) is 8.37. The first-order chi connectivity index (χ1) is 20.2. The third-order valence-corrected chi connectivity index (χ3v) is 8.47. The number of carbonyl (C=O) groups is 1. The first-order valence-corrected chi connectivity index (χ1v) is 14.8. The van der Waals surface area contributed by atoms with Gasteiger partial charge < -0.3 is 15.2 Å². The van der Waals surface area contributed by atoms with E-state index in [9.17, 15) is 13.2 Å². The smallest absolute Gasteiger partial charge is 0.310 e. The van der Waals surface area contributed by atoms with Gasteiger partial charge in [0.1, 0.15) is 18.2 Å². The molecule has 8 nitrogen and oxygen atoms in total. The number of rotatable bonds is 10. The van der Waals surface area contributed by atoms with E-state index in [1.165, 1.54) is 18.3 Å². The summed E-state index contributed by atoms with van der Waals surface area (Å²) < 4.78 is 55.0. The Morgan fingerprint density at radius 1 is 0.976 bits per heavy atom. The van der Waals surface area contributed by atoms with Crippen molar-refractivity contribution < 1.29 is 27.1 Å². The average Bonchev–Trinajstić information content (AvgIpc) is 3.42. The summed E-state index contributed by atoms with van der Waals surface area (Å²) in [5, 5.41) is 4.69. The maximum atomic E-state index is 15.5. The Hall–Kier alpha value is -4.54. The molecule has 0 saturated carbocycles. The Bertz CT molecular complexity index is 1870. The molecular weight excluding hydrogens is 557 g/mol. The highest BCUT2D eigenvalue weighted by Crippen LogP contribution is 2.35. The molecule has 0 amide bonds. The second kappa shape index (κ2) is 12.1. The molecule has 0 spiro atoms. The molecule has 0 fully saturated rings. The lowest BCUT2D eigenvalue weighted by atomic mass is 9.97. The molecule has 42 heavy (non-hydrogen) atoms. The molecule has 0 aliphatic carbocycles. The monoisotopic (exact) mass is 587 g/mol. The molecule has 0 aliphatic heterocycles. The molecule has 0 atom stereocenters. The van der Waals surface area contributed by atoms with Gasteiger partial charge in [-0.2, -0.15) is 17.6 Å². The van der Waals surface area contributed by atoms with Crippen LogP contribution in [0.3, 0.4) is 0 Å². The Morgan fingerprint density at radius 3 is 2.45 bits per heavy atom. The number of para-hydroxylation sites is 1. The maximum Gasteiger partial charge on any atom is 0.310 e. The van der Waals surface area contributed by atoms with Crippen molar-refractivity contribution in [3.63, 3.8) is 0 Å². The number of hydrogen-bond acceptors (Lipinski definition) is 7. The molecule has 2 N–H and O–H groups in total. The number of hydrogen-bond donors (Lipinski definition) is 1. The van der Waals surface area contributed by atoms with E-state index in [1.54, 1.807) is 73.7 Å². The van der Waals surface area contributed by atoms with E-state index in [2.05, 4.69) is 5.10 Å². The minimum Gasteiger partial charge on any atom is -0.489 e. The summed E-state index contributed by atoms with van der Waals surface area (Å²) in [5.74, 6) is -0.393. The fraction of sp³-hybridized carbons (Fsp3) is 0.188. The van der Waals surface area contributed by atoms with Gasteiger partial charge >= 0.3 is 5.97 Å². The van der Waals surface area contributed by atoms with Gasteiger partial charge in [0.15, 0.2) is 0 Å². The molecule has 5 rings (SSSR count). The summed E-state index contributed by atoms with van der Waals surface area (Å²) >= 11 is 0. The van der Waals surface area contributed by atoms with Crippen LogP contribution in [-0.2, 0) is 39.1 Å². The van der Waals surface area contributed by atoms with E-state index in [0.717, 1.165) is 9.65 Å². The van der Waals surface area contributed by atoms with E-state index >= 15 is 4.39 Å². The summed E-state index contributed by atoms with van der Waals surface area (Å²) in [6.45, 7) is 3.89. The van der Waals surface area contributed by atoms with Crippen LogP contribution in [0.4, 0.5) is 4.39 Å². The SMILES string of the molecule is CCOC(=O)Cc1ccccc1OCc1cc(-c2cccc(CN)c2F)c2cnn(S(=O)(=O)c3ccc(C)cc3)c2c1. The largest absolute Gasteiger partial charge is 0.489 e. The lowest BCUT2D eigenvalue weighted by Gasteiger charge is -2.14. The van der Waals surface area contributed by atoms with Crippen molar-refractivity contribution in [1.29, 1.82) is 0 Å². The molecule has 0 bridgehead atoms. The molecular formula is C32H30FN3O5S. The van der Waals surface area contributed by atoms with Crippen molar-refractivity contribution in [2.45, 2.75) is 38.3 Å². The van der Waals surface area contributed by atoms with Crippen molar-refractivity contribution in [3.05, 3.63) is 113 Å². The number of ether oxygens (including phenoxy) is 2. The first kappa shape index (κ1) is 29.0. The van der Waals surface area contributed by atoms with Gasteiger partial charge in [0.05, 0.1) is 29.6 Å². The van der Waals surface area contributed by atoms with Gasteiger partial charge in [0, 0.05) is 28.6 Å². The molecule has 0 saturated heterocycles. The van der Waals surface area contributed by atoms with E-state index < -0.39 is 15.8 Å². The summed E-state index contributed by atoms with van der Waals surface area (Å²) in [6, 6.07) is 21.9. The van der Waals surface area contributed by atoms with Crippen LogP contribution in [0.2, 0.25) is 0 Å². The zero-order chi connectivity index (χ0) is 29.9. The highest BCUT2D eigenvalue weighted by molar-refractivity contribution is 7.90. The standard InChI is InChI=1S/C32H30FN3O5S/c1-3-40-31(37)17-23-7-4-5-10-30(23)41-20-22-15-27(26-9-6-8-24(18-34)32(26)33)28-19-35-36(29(28)16-22)42(38,39)25-13-11-21(2)12-14-25/h4-16,19H,3,17-18,20,34H2,1-2H3. The molecule has 216 valence electrons. The van der Waals surface area contributed by atoms with Crippen LogP contribution in [0.15, 0.2) is 90.0 Å². The molecule has 0 radical (unpaired) electrons. The molecule has 0 aliphatic rings. The number of nitrogens with two attached hydrogens (primary N) is 1. The van der Waals surface area contributed by atoms with Gasteiger partial charge in [-0.05, 0) is 55.3 Å². The molecule has 10 heteroatoms. The normalized spacial score (nSPS) is 11.5. The van der Waals surface area contributed by atoms with Crippen LogP contribution in [0.1, 0.15) is 29.2 Å². The second-order valence-electron chi connectivity index (χ2n) is 9.74. The highest BCUT2D eigenvalue weighted by atomic mass is 32.2. The van der Waals surface area contributed by atoms with Crippen LogP contribution in [0.25, 0.3) is 22.0 Å². The number of fused-ring (bicyclic) bond motifs is 1. The molecule has 1 aromatic heterocycles. The minimum absolute atomic E-state index is 0.00390. The van der Waals surface area contributed by atoms with Gasteiger partial charge in [0.25, 0.3) is 10.0 Å². The summed E-state index contributed by atoms with van der Waals surface area (Å²) in [7, 11) is -4.07. The minimum atomic E-state index is -4.07. The lowest BCUT2D eigenvalue weighted by Crippen LogP contribution is -2.14. The fourth-order valence-corrected chi connectivity index (χ4v) is 6.00. The van der Waals surface area contributed by atoms with Gasteiger partial charge in [-0.15, -0.1) is 0 Å². The third kappa shape index (κ3) is 5.77. The van der Waals surface area contributed by atoms with Crippen molar-refractivity contribution in [2.75, 3.05) is 6.61 Å². The molecule has 5 aromatic rings. The van der Waals surface area contributed by atoms with Crippen LogP contribution in [-0.4, -0.2) is 30.2 Å². The number of nitrogens with zero attached hydrogens (tertiary/aromatic N) is 2. The Morgan fingerprint density at radius 2 is 1.71 bits per heavy atom. The number of aromatic nitrogens is 2. The van der Waals surface area contributed by atoms with Crippen molar-refractivity contribution in [2.24, 2.45) is 5.73 Å². The average molecular weight is 588 g/mol. The summed E-state index contributed by atoms with van der Waals surface area (Å²) in [4.78, 5) is 12.2. The molecule has 0 unspecified atom stereocenters. The van der Waals surface area contributed by atoms with Gasteiger partial charge in [-0.3, -0.25) is 4.79 Å². The molecule has 4 aromatic carbocycles. The van der Waals surface area contributed by atoms with E-state index in [1.807, 2.05) is 6.92 Å². The fourth-order valence-electron chi connectivity index (χ4n) is 4.73. The van der Waals surface area contributed by atoms with Gasteiger partial charge in [-0.1, -0.05) is 54.1 Å². The number of halogens is 1. The maximum absolute atomic E-state index is 15.5. The Labute approximate surface area is 243 Å². The topological polar surface area (TPSA) is 114 Å². The predicted octanol–water partition coefficient (Wildman–Crippen LogP) is 5.53. The number of benzene rings is 4. The first-order valence-electron chi connectivity index (χ1n) is 13.4. The summed E-state index contributed by atoms with van der Waals surface area (Å²) in [6.07, 6.45) is 1.46. The number of carbonyl (C=O) groups excluding carboxylic acids is 1. The zero-order valence-electron chi connectivity index (χ0n) is 23.2. The van der Waals surface area contributed by atoms with Crippen LogP contribution in [0.5, 0.6) is 5.75 Å². The molecule has 1 heterocycles. The lowest BCUT2D eigenvalue weighted by molar-refractivity contribution is -0.142. The zero-order valence-corrected chi connectivity index (χ0v) is 24.0. The highest BCUT2D eigenvalue weighted by Gasteiger charge is 2.23. The number of esters is 1. The predicted molar refractivity (Wildman–Crippen MR) is 158 cm³/mol. The van der Waals surface area contributed by atoms with Crippen LogP contribution >= 0.6 is 0 Å².